The first-order valence-electron chi connectivity index (χ1n) is 7.24. The third kappa shape index (κ3) is 6.86. The molecule has 1 heteroatoms. The van der Waals surface area contributed by atoms with Crippen LogP contribution in [0.3, 0.4) is 0 Å². The van der Waals surface area contributed by atoms with Crippen molar-refractivity contribution in [2.45, 2.75) is 84.0 Å². The van der Waals surface area contributed by atoms with Gasteiger partial charge in [0.1, 0.15) is 0 Å². The Hall–Kier alpha value is 0.799. The van der Waals surface area contributed by atoms with Gasteiger partial charge in [0, 0.05) is 0 Å². The van der Waals surface area contributed by atoms with E-state index in [2.05, 4.69) is 27.7 Å². The number of hydrogen-bond acceptors (Lipinski definition) is 0. The van der Waals surface area contributed by atoms with Crippen molar-refractivity contribution in [1.29, 1.82) is 0 Å². The van der Waals surface area contributed by atoms with Gasteiger partial charge in [-0.3, -0.25) is 0 Å². The van der Waals surface area contributed by atoms with Crippen molar-refractivity contribution < 1.29 is 0 Å². The van der Waals surface area contributed by atoms with E-state index in [4.69, 9.17) is 0 Å². The molecular weight excluding hydrogens is 287 g/mol. The molecule has 0 aromatic rings. The van der Waals surface area contributed by atoms with E-state index in [0.717, 1.165) is 0 Å². The Morgan fingerprint density at radius 2 is 1.00 bits per heavy atom. The summed E-state index contributed by atoms with van der Waals surface area (Å²) in [6, 6.07) is 0. The van der Waals surface area contributed by atoms with Crippen molar-refractivity contribution in [1.82, 2.24) is 0 Å². The molecule has 0 bridgehead atoms. The molecule has 0 N–H and O–H groups in total. The first-order chi connectivity index (χ1) is 7.24. The molecule has 0 aromatic carbocycles. The quantitative estimate of drug-likeness (QED) is 0.350. The molecule has 0 heterocycles. The second-order valence-electron chi connectivity index (χ2n) is 5.12. The van der Waals surface area contributed by atoms with Crippen molar-refractivity contribution in [3.8, 4) is 0 Å². The summed E-state index contributed by atoms with van der Waals surface area (Å²) in [4.78, 5) is 0. The van der Waals surface area contributed by atoms with Gasteiger partial charge in [0.05, 0.1) is 0 Å². The molecule has 0 amide bonds. The van der Waals surface area contributed by atoms with E-state index < -0.39 is 18.4 Å². The standard InChI is InChI=1S/2C5H11.2C2H5.Sn/c2*1-3-5-4-2;2*1-2;/h2*1,3-5H2,2H3;2*1H2,2H3;. The van der Waals surface area contributed by atoms with Gasteiger partial charge in [0.25, 0.3) is 0 Å². The molecule has 0 aromatic heterocycles. The molecule has 0 atom stereocenters. The Kier molecular flexibility index (Phi) is 10.5. The average molecular weight is 319 g/mol. The summed E-state index contributed by atoms with van der Waals surface area (Å²) in [5, 5.41) is 0. The van der Waals surface area contributed by atoms with Crippen LogP contribution in [0, 0.1) is 0 Å². The van der Waals surface area contributed by atoms with E-state index in [0.29, 0.717) is 0 Å². The zero-order valence-corrected chi connectivity index (χ0v) is 14.4. The number of hydrogen-bond donors (Lipinski definition) is 0. The maximum atomic E-state index is 2.48. The van der Waals surface area contributed by atoms with Gasteiger partial charge in [-0.15, -0.1) is 0 Å². The minimum atomic E-state index is -1.59. The van der Waals surface area contributed by atoms with Crippen molar-refractivity contribution in [3.05, 3.63) is 0 Å². The molecule has 0 aliphatic carbocycles. The summed E-state index contributed by atoms with van der Waals surface area (Å²) < 4.78 is 6.55. The normalized spacial score (nSPS) is 12.0. The van der Waals surface area contributed by atoms with Crippen LogP contribution in [0.4, 0.5) is 0 Å². The van der Waals surface area contributed by atoms with Crippen LogP contribution in [-0.4, -0.2) is 18.4 Å². The predicted molar refractivity (Wildman–Crippen MR) is 75.4 cm³/mol. The topological polar surface area (TPSA) is 0 Å². The average Bonchev–Trinajstić information content (AvgIpc) is 2.28. The van der Waals surface area contributed by atoms with Crippen LogP contribution in [-0.2, 0) is 0 Å². The Balaban J connectivity index is 3.93. The molecule has 92 valence electrons. The van der Waals surface area contributed by atoms with E-state index in [9.17, 15) is 0 Å². The van der Waals surface area contributed by atoms with Crippen LogP contribution >= 0.6 is 0 Å². The zero-order valence-electron chi connectivity index (χ0n) is 11.6. The molecule has 15 heavy (non-hydrogen) atoms. The van der Waals surface area contributed by atoms with Crippen LogP contribution in [0.25, 0.3) is 0 Å². The summed E-state index contributed by atoms with van der Waals surface area (Å²) >= 11 is -1.59. The van der Waals surface area contributed by atoms with Crippen LogP contribution in [0.2, 0.25) is 17.7 Å². The molecule has 0 aliphatic heterocycles. The molecule has 0 spiro atoms. The van der Waals surface area contributed by atoms with Crippen LogP contribution in [0.15, 0.2) is 0 Å². The molecule has 0 unspecified atom stereocenters. The molecule has 0 fully saturated rings. The fraction of sp³-hybridized carbons (Fsp3) is 1.00. The molecule has 0 radical (unpaired) electrons. The van der Waals surface area contributed by atoms with Gasteiger partial charge in [-0.25, -0.2) is 0 Å². The second-order valence-corrected chi connectivity index (χ2v) is 20.6. The van der Waals surface area contributed by atoms with E-state index in [1.54, 1.807) is 30.6 Å². The Morgan fingerprint density at radius 3 is 1.27 bits per heavy atom. The minimum absolute atomic E-state index is 1.39. The van der Waals surface area contributed by atoms with Crippen molar-refractivity contribution in [2.75, 3.05) is 0 Å². The number of rotatable bonds is 10. The molecule has 0 nitrogen and oxygen atoms in total. The molecular formula is C14H32Sn. The molecule has 0 aliphatic rings. The fourth-order valence-corrected chi connectivity index (χ4v) is 14.5. The van der Waals surface area contributed by atoms with E-state index in [-0.39, 0.29) is 0 Å². The number of unbranched alkanes of at least 4 members (excludes halogenated alkanes) is 4. The predicted octanol–water partition coefficient (Wildman–Crippen LogP) is 5.86. The van der Waals surface area contributed by atoms with Gasteiger partial charge < -0.3 is 0 Å². The second kappa shape index (κ2) is 9.99. The third-order valence-electron chi connectivity index (χ3n) is 4.12. The van der Waals surface area contributed by atoms with Gasteiger partial charge in [0.15, 0.2) is 0 Å². The van der Waals surface area contributed by atoms with Crippen LogP contribution in [0.5, 0.6) is 0 Å². The fourth-order valence-electron chi connectivity index (χ4n) is 2.58. The van der Waals surface area contributed by atoms with Gasteiger partial charge in [-0.1, -0.05) is 0 Å². The Morgan fingerprint density at radius 1 is 0.600 bits per heavy atom. The van der Waals surface area contributed by atoms with E-state index in [1.165, 1.54) is 25.7 Å². The first-order valence-corrected chi connectivity index (χ1v) is 15.3. The first kappa shape index (κ1) is 15.8. The Bertz CT molecular complexity index is 115. The van der Waals surface area contributed by atoms with Gasteiger partial charge in [-0.2, -0.15) is 0 Å². The third-order valence-corrected chi connectivity index (χ3v) is 20.8. The van der Waals surface area contributed by atoms with Crippen molar-refractivity contribution in [2.24, 2.45) is 0 Å². The van der Waals surface area contributed by atoms with Gasteiger partial charge in [0.2, 0.25) is 0 Å². The zero-order chi connectivity index (χ0) is 11.6. The van der Waals surface area contributed by atoms with Crippen LogP contribution in [0.1, 0.15) is 66.2 Å². The van der Waals surface area contributed by atoms with Gasteiger partial charge >= 0.3 is 102 Å². The molecule has 0 saturated carbocycles. The summed E-state index contributed by atoms with van der Waals surface area (Å²) in [7, 11) is 0. The maximum absolute atomic E-state index is 2.48. The van der Waals surface area contributed by atoms with E-state index >= 15 is 0 Å². The summed E-state index contributed by atoms with van der Waals surface area (Å²) in [5.74, 6) is 0. The van der Waals surface area contributed by atoms with E-state index in [1.807, 2.05) is 0 Å². The van der Waals surface area contributed by atoms with Crippen molar-refractivity contribution >= 4 is 18.4 Å². The summed E-state index contributed by atoms with van der Waals surface area (Å²) in [5.41, 5.74) is 0. The monoisotopic (exact) mass is 320 g/mol. The molecule has 0 rings (SSSR count). The van der Waals surface area contributed by atoms with Crippen molar-refractivity contribution in [3.63, 3.8) is 0 Å². The Labute approximate surface area is 102 Å². The SMILES string of the molecule is CCCC[CH2][Sn]([CH2]C)([CH2]C)[CH2]CCCC. The summed E-state index contributed by atoms with van der Waals surface area (Å²) in [6.07, 6.45) is 8.83. The van der Waals surface area contributed by atoms with Gasteiger partial charge in [-0.05, 0) is 0 Å². The summed E-state index contributed by atoms with van der Waals surface area (Å²) in [6.45, 7) is 9.62. The van der Waals surface area contributed by atoms with Crippen LogP contribution < -0.4 is 0 Å². The molecule has 0 saturated heterocycles.